The van der Waals surface area contributed by atoms with E-state index in [0.717, 1.165) is 24.9 Å². The average Bonchev–Trinajstić information content (AvgIpc) is 3.19. The molecule has 2 rings (SSSR count). The van der Waals surface area contributed by atoms with E-state index in [2.05, 4.69) is 13.8 Å². The van der Waals surface area contributed by atoms with Gasteiger partial charge in [-0.3, -0.25) is 9.69 Å². The summed E-state index contributed by atoms with van der Waals surface area (Å²) >= 11 is 0. The van der Waals surface area contributed by atoms with Crippen molar-refractivity contribution in [3.05, 3.63) is 35.6 Å². The highest BCUT2D eigenvalue weighted by molar-refractivity contribution is 5.79. The lowest BCUT2D eigenvalue weighted by molar-refractivity contribution is -0.133. The normalized spacial score (nSPS) is 14.8. The summed E-state index contributed by atoms with van der Waals surface area (Å²) in [7, 11) is 1.91. The Bertz CT molecular complexity index is 485. The summed E-state index contributed by atoms with van der Waals surface area (Å²) in [6.07, 6.45) is 2.26. The molecule has 0 heterocycles. The zero-order valence-corrected chi connectivity index (χ0v) is 13.2. The van der Waals surface area contributed by atoms with Crippen LogP contribution in [-0.4, -0.2) is 41.9 Å². The summed E-state index contributed by atoms with van der Waals surface area (Å²) in [5, 5.41) is 0. The number of carbonyl (C=O) groups excluding carboxylic acids is 1. The van der Waals surface area contributed by atoms with Crippen LogP contribution in [0, 0.1) is 11.7 Å². The van der Waals surface area contributed by atoms with Crippen LogP contribution in [0.25, 0.3) is 0 Å². The minimum Gasteiger partial charge on any atom is -0.338 e. The largest absolute Gasteiger partial charge is 0.338 e. The molecule has 1 fully saturated rings. The topological polar surface area (TPSA) is 23.6 Å². The maximum atomic E-state index is 13.2. The first kappa shape index (κ1) is 16.0. The molecule has 1 aromatic rings. The van der Waals surface area contributed by atoms with Gasteiger partial charge in [0, 0.05) is 19.1 Å². The molecular weight excluding hydrogens is 267 g/mol. The second-order valence-corrected chi connectivity index (χ2v) is 6.47. The number of hydrogen-bond donors (Lipinski definition) is 0. The molecule has 0 N–H and O–H groups in total. The van der Waals surface area contributed by atoms with Crippen LogP contribution in [-0.2, 0) is 11.3 Å². The van der Waals surface area contributed by atoms with E-state index in [1.807, 2.05) is 22.9 Å². The van der Waals surface area contributed by atoms with Gasteiger partial charge in [0.15, 0.2) is 0 Å². The Morgan fingerprint density at radius 2 is 2.10 bits per heavy atom. The van der Waals surface area contributed by atoms with Crippen molar-refractivity contribution in [1.29, 1.82) is 0 Å². The van der Waals surface area contributed by atoms with Crippen molar-refractivity contribution in [2.45, 2.75) is 39.3 Å². The van der Waals surface area contributed by atoms with Gasteiger partial charge >= 0.3 is 0 Å². The van der Waals surface area contributed by atoms with E-state index < -0.39 is 0 Å². The molecule has 1 aromatic carbocycles. The van der Waals surface area contributed by atoms with E-state index in [1.165, 1.54) is 12.1 Å². The number of rotatable bonds is 7. The molecule has 0 radical (unpaired) electrons. The maximum Gasteiger partial charge on any atom is 0.237 e. The van der Waals surface area contributed by atoms with Crippen molar-refractivity contribution in [2.24, 2.45) is 5.92 Å². The Hall–Kier alpha value is -1.42. The summed E-state index contributed by atoms with van der Waals surface area (Å²) in [6, 6.07) is 6.99. The lowest BCUT2D eigenvalue weighted by atomic mass is 10.2. The van der Waals surface area contributed by atoms with Gasteiger partial charge in [0.25, 0.3) is 0 Å². The van der Waals surface area contributed by atoms with Gasteiger partial charge in [-0.15, -0.1) is 0 Å². The van der Waals surface area contributed by atoms with Crippen LogP contribution >= 0.6 is 0 Å². The van der Waals surface area contributed by atoms with Gasteiger partial charge in [-0.25, -0.2) is 4.39 Å². The lowest BCUT2D eigenvalue weighted by Crippen LogP contribution is -2.42. The molecule has 0 aliphatic heterocycles. The summed E-state index contributed by atoms with van der Waals surface area (Å²) in [5.41, 5.74) is 0.895. The number of carbonyl (C=O) groups is 1. The third-order valence-electron chi connectivity index (χ3n) is 3.62. The number of halogens is 1. The van der Waals surface area contributed by atoms with Crippen LogP contribution in [0.3, 0.4) is 0 Å². The van der Waals surface area contributed by atoms with Crippen molar-refractivity contribution >= 4 is 5.91 Å². The molecule has 1 saturated carbocycles. The third-order valence-corrected chi connectivity index (χ3v) is 3.62. The van der Waals surface area contributed by atoms with Gasteiger partial charge in [0.2, 0.25) is 5.91 Å². The van der Waals surface area contributed by atoms with Gasteiger partial charge < -0.3 is 4.90 Å². The number of likely N-dealkylation sites (N-methyl/N-ethyl adjacent to an activating group) is 1. The SMILES string of the molecule is CC(C)CN(C(=O)CN(C)Cc1cccc(F)c1)C1CC1. The minimum atomic E-state index is -0.230. The van der Waals surface area contributed by atoms with Crippen LogP contribution in [0.15, 0.2) is 24.3 Å². The predicted molar refractivity (Wildman–Crippen MR) is 82.3 cm³/mol. The lowest BCUT2D eigenvalue weighted by Gasteiger charge is -2.27. The first-order chi connectivity index (χ1) is 9.95. The van der Waals surface area contributed by atoms with Gasteiger partial charge in [-0.1, -0.05) is 26.0 Å². The van der Waals surface area contributed by atoms with Crippen LogP contribution in [0.1, 0.15) is 32.3 Å². The smallest absolute Gasteiger partial charge is 0.237 e. The highest BCUT2D eigenvalue weighted by Gasteiger charge is 2.32. The predicted octanol–water partition coefficient (Wildman–Crippen LogP) is 2.90. The van der Waals surface area contributed by atoms with Crippen LogP contribution in [0.5, 0.6) is 0 Å². The van der Waals surface area contributed by atoms with Crippen LogP contribution in [0.2, 0.25) is 0 Å². The van der Waals surface area contributed by atoms with E-state index in [0.29, 0.717) is 25.0 Å². The zero-order chi connectivity index (χ0) is 15.4. The molecule has 116 valence electrons. The quantitative estimate of drug-likeness (QED) is 0.771. The van der Waals surface area contributed by atoms with Crippen LogP contribution in [0.4, 0.5) is 4.39 Å². The monoisotopic (exact) mass is 292 g/mol. The maximum absolute atomic E-state index is 13.2. The van der Waals surface area contributed by atoms with Crippen LogP contribution < -0.4 is 0 Å². The summed E-state index contributed by atoms with van der Waals surface area (Å²) in [5.74, 6) is 0.444. The van der Waals surface area contributed by atoms with E-state index in [9.17, 15) is 9.18 Å². The molecular formula is C17H25FN2O. The molecule has 0 atom stereocenters. The molecule has 3 nitrogen and oxygen atoms in total. The molecule has 1 aliphatic rings. The molecule has 1 amide bonds. The van der Waals surface area contributed by atoms with E-state index in [4.69, 9.17) is 0 Å². The van der Waals surface area contributed by atoms with Crippen molar-refractivity contribution in [3.8, 4) is 0 Å². The second-order valence-electron chi connectivity index (χ2n) is 6.47. The van der Waals surface area contributed by atoms with E-state index >= 15 is 0 Å². The molecule has 0 unspecified atom stereocenters. The second kappa shape index (κ2) is 7.03. The molecule has 4 heteroatoms. The third kappa shape index (κ3) is 5.12. The summed E-state index contributed by atoms with van der Waals surface area (Å²) in [4.78, 5) is 16.4. The van der Waals surface area contributed by atoms with Gasteiger partial charge in [-0.05, 0) is 43.5 Å². The van der Waals surface area contributed by atoms with Crippen molar-refractivity contribution in [2.75, 3.05) is 20.1 Å². The fraction of sp³-hybridized carbons (Fsp3) is 0.588. The Kier molecular flexibility index (Phi) is 5.34. The number of benzene rings is 1. The first-order valence-corrected chi connectivity index (χ1v) is 7.68. The Labute approximate surface area is 126 Å². The summed E-state index contributed by atoms with van der Waals surface area (Å²) in [6.45, 7) is 6.08. The van der Waals surface area contributed by atoms with Gasteiger partial charge in [-0.2, -0.15) is 0 Å². The molecule has 1 aliphatic carbocycles. The van der Waals surface area contributed by atoms with Gasteiger partial charge in [0.1, 0.15) is 5.82 Å². The Morgan fingerprint density at radius 3 is 2.67 bits per heavy atom. The van der Waals surface area contributed by atoms with E-state index in [1.54, 1.807) is 6.07 Å². The van der Waals surface area contributed by atoms with E-state index in [-0.39, 0.29) is 11.7 Å². The fourth-order valence-corrected chi connectivity index (χ4v) is 2.56. The Morgan fingerprint density at radius 1 is 1.38 bits per heavy atom. The molecule has 21 heavy (non-hydrogen) atoms. The van der Waals surface area contributed by atoms with Gasteiger partial charge in [0.05, 0.1) is 6.54 Å². The van der Waals surface area contributed by atoms with Crippen molar-refractivity contribution in [3.63, 3.8) is 0 Å². The van der Waals surface area contributed by atoms with Crippen molar-refractivity contribution < 1.29 is 9.18 Å². The minimum absolute atomic E-state index is 0.185. The highest BCUT2D eigenvalue weighted by Crippen LogP contribution is 2.27. The molecule has 0 saturated heterocycles. The highest BCUT2D eigenvalue weighted by atomic mass is 19.1. The summed E-state index contributed by atoms with van der Waals surface area (Å²) < 4.78 is 13.2. The Balaban J connectivity index is 1.88. The molecule has 0 spiro atoms. The van der Waals surface area contributed by atoms with Crippen molar-refractivity contribution in [1.82, 2.24) is 9.80 Å². The average molecular weight is 292 g/mol. The number of nitrogens with zero attached hydrogens (tertiary/aromatic N) is 2. The standard InChI is InChI=1S/C17H25FN2O/c1-13(2)10-20(16-7-8-16)17(21)12-19(3)11-14-5-4-6-15(18)9-14/h4-6,9,13,16H,7-8,10-12H2,1-3H3. The molecule has 0 aromatic heterocycles. The number of amides is 1. The number of hydrogen-bond acceptors (Lipinski definition) is 2. The molecule has 0 bridgehead atoms. The fourth-order valence-electron chi connectivity index (χ4n) is 2.56. The zero-order valence-electron chi connectivity index (χ0n) is 13.2. The first-order valence-electron chi connectivity index (χ1n) is 7.68.